The molecule has 0 spiro atoms. The van der Waals surface area contributed by atoms with E-state index < -0.39 is 0 Å². The molecule has 0 radical (unpaired) electrons. The number of anilines is 1. The normalized spacial score (nSPS) is 15.6. The minimum Gasteiger partial charge on any atom is -1.00 e. The maximum absolute atomic E-state index is 13.3. The molecule has 30 heavy (non-hydrogen) atoms. The van der Waals surface area contributed by atoms with E-state index in [-0.39, 0.29) is 18.3 Å². The molecule has 4 aromatic rings. The number of amides is 1. The van der Waals surface area contributed by atoms with Crippen molar-refractivity contribution in [3.05, 3.63) is 51.9 Å². The number of carbonyl (C=O) groups excluding carboxylic acids is 1. The number of rotatable bonds is 3. The Morgan fingerprint density at radius 3 is 2.87 bits per heavy atom. The van der Waals surface area contributed by atoms with Gasteiger partial charge in [0.15, 0.2) is 5.82 Å². The van der Waals surface area contributed by atoms with Gasteiger partial charge in [-0.15, -0.1) is 11.3 Å². The van der Waals surface area contributed by atoms with Crippen LogP contribution in [0.2, 0.25) is 0 Å². The van der Waals surface area contributed by atoms with E-state index in [9.17, 15) is 4.79 Å². The Kier molecular flexibility index (Phi) is 5.42. The molecule has 0 saturated heterocycles. The van der Waals surface area contributed by atoms with Crippen LogP contribution in [0.15, 0.2) is 33.4 Å². The summed E-state index contributed by atoms with van der Waals surface area (Å²) in [5.74, 6) is 2.11. The van der Waals surface area contributed by atoms with E-state index in [1.54, 1.807) is 30.6 Å². The topological polar surface area (TPSA) is 81.2 Å². The van der Waals surface area contributed by atoms with Gasteiger partial charge in [0.05, 0.1) is 17.5 Å². The molecule has 5 rings (SSSR count). The van der Waals surface area contributed by atoms with Gasteiger partial charge >= 0.3 is 0 Å². The molecule has 156 valence electrons. The molecule has 1 atom stereocenters. The van der Waals surface area contributed by atoms with Crippen LogP contribution in [-0.2, 0) is 12.8 Å². The van der Waals surface area contributed by atoms with Crippen molar-refractivity contribution in [2.75, 3.05) is 5.32 Å². The van der Waals surface area contributed by atoms with E-state index in [1.165, 1.54) is 10.4 Å². The average molecular weight is 443 g/mol. The summed E-state index contributed by atoms with van der Waals surface area (Å²) in [6, 6.07) is 5.45. The van der Waals surface area contributed by atoms with E-state index in [0.717, 1.165) is 35.0 Å². The average Bonchev–Trinajstić information content (AvgIpc) is 3.40. The molecule has 4 aromatic heterocycles. The number of aromatic nitrogens is 2. The van der Waals surface area contributed by atoms with Gasteiger partial charge in [-0.3, -0.25) is 4.79 Å². The Bertz CT molecular complexity index is 1230. The van der Waals surface area contributed by atoms with Gasteiger partial charge < -0.3 is 26.7 Å². The number of thiophene rings is 1. The largest absolute Gasteiger partial charge is 1.00 e. The number of pyridine rings is 1. The number of nitrogens with one attached hydrogen (secondary N) is 1. The van der Waals surface area contributed by atoms with Crippen molar-refractivity contribution in [3.63, 3.8) is 0 Å². The lowest BCUT2D eigenvalue weighted by atomic mass is 9.87. The Hall–Kier alpha value is -2.64. The molecule has 0 aromatic carbocycles. The smallest absolute Gasteiger partial charge is 0.259 e. The molecule has 1 amide bonds. The highest BCUT2D eigenvalue weighted by Gasteiger charge is 2.29. The van der Waals surface area contributed by atoms with Crippen molar-refractivity contribution >= 4 is 33.3 Å². The van der Waals surface area contributed by atoms with Crippen LogP contribution < -0.4 is 17.7 Å². The van der Waals surface area contributed by atoms with E-state index in [0.29, 0.717) is 34.5 Å². The van der Waals surface area contributed by atoms with Crippen molar-refractivity contribution in [1.29, 1.82) is 0 Å². The minimum absolute atomic E-state index is 0. The fourth-order valence-corrected chi connectivity index (χ4v) is 5.57. The molecular formula is C22H21ClN3O3S-. The first-order valence-corrected chi connectivity index (χ1v) is 10.6. The highest BCUT2D eigenvalue weighted by molar-refractivity contribution is 7.19. The predicted molar refractivity (Wildman–Crippen MR) is 112 cm³/mol. The maximum atomic E-state index is 13.3. The number of fused-ring (bicyclic) bond motifs is 3. The van der Waals surface area contributed by atoms with E-state index >= 15 is 0 Å². The van der Waals surface area contributed by atoms with E-state index in [4.69, 9.17) is 13.9 Å². The van der Waals surface area contributed by atoms with Crippen LogP contribution in [0.5, 0.6) is 0 Å². The van der Waals surface area contributed by atoms with Gasteiger partial charge in [-0.1, -0.05) is 12.1 Å². The fraction of sp³-hybridized carbons (Fsp3) is 0.318. The Labute approximate surface area is 184 Å². The Morgan fingerprint density at radius 1 is 1.33 bits per heavy atom. The summed E-state index contributed by atoms with van der Waals surface area (Å²) in [6.45, 7) is 5.95. The maximum Gasteiger partial charge on any atom is 0.259 e. The lowest BCUT2D eigenvalue weighted by Gasteiger charge is -2.19. The summed E-state index contributed by atoms with van der Waals surface area (Å²) in [5.41, 5.74) is 3.33. The summed E-state index contributed by atoms with van der Waals surface area (Å²) in [7, 11) is 0. The van der Waals surface area contributed by atoms with Gasteiger partial charge in [0.1, 0.15) is 16.4 Å². The van der Waals surface area contributed by atoms with E-state index in [2.05, 4.69) is 17.4 Å². The Balaban J connectivity index is 0.00000218. The van der Waals surface area contributed by atoms with Crippen molar-refractivity contribution < 1.29 is 26.1 Å². The zero-order chi connectivity index (χ0) is 20.1. The first-order valence-electron chi connectivity index (χ1n) is 9.74. The summed E-state index contributed by atoms with van der Waals surface area (Å²) < 4.78 is 10.9. The molecule has 0 fully saturated rings. The van der Waals surface area contributed by atoms with Crippen molar-refractivity contribution in [2.45, 2.75) is 40.0 Å². The van der Waals surface area contributed by atoms with Gasteiger partial charge in [-0.05, 0) is 56.7 Å². The van der Waals surface area contributed by atoms with Gasteiger partial charge in [0.2, 0.25) is 0 Å². The van der Waals surface area contributed by atoms with Crippen LogP contribution in [0.3, 0.4) is 0 Å². The molecule has 8 heteroatoms. The van der Waals surface area contributed by atoms with Crippen LogP contribution in [0.4, 0.5) is 5.82 Å². The highest BCUT2D eigenvalue weighted by atomic mass is 35.5. The second-order valence-corrected chi connectivity index (χ2v) is 8.82. The van der Waals surface area contributed by atoms with Crippen molar-refractivity contribution in [2.24, 2.45) is 5.92 Å². The lowest BCUT2D eigenvalue weighted by Crippen LogP contribution is -3.00. The van der Waals surface area contributed by atoms with Crippen LogP contribution in [0.1, 0.15) is 45.6 Å². The number of furan rings is 1. The van der Waals surface area contributed by atoms with Gasteiger partial charge in [0, 0.05) is 21.9 Å². The standard InChI is InChI=1S/C22H21N3O3S.ClH/c1-11-6-7-14-16(9-11)29-22-19(14)20(15-5-4-8-27-15)18(13(3)23-22)21(26)24-17-10-12(2)28-25-17;/h4-5,8,10-11H,6-7,9H2,1-3H3,(H,24,25,26);1H/p-1. The third kappa shape index (κ3) is 3.42. The molecule has 1 unspecified atom stereocenters. The molecule has 0 bridgehead atoms. The minimum atomic E-state index is -0.263. The van der Waals surface area contributed by atoms with Crippen LogP contribution in [0, 0.1) is 19.8 Å². The first-order chi connectivity index (χ1) is 14.0. The highest BCUT2D eigenvalue weighted by Crippen LogP contribution is 2.44. The van der Waals surface area contributed by atoms with Gasteiger partial charge in [0.25, 0.3) is 5.91 Å². The molecule has 1 N–H and O–H groups in total. The Morgan fingerprint density at radius 2 is 2.17 bits per heavy atom. The number of hydrogen-bond donors (Lipinski definition) is 1. The second kappa shape index (κ2) is 7.89. The summed E-state index contributed by atoms with van der Waals surface area (Å²) >= 11 is 1.74. The first kappa shape index (κ1) is 20.6. The van der Waals surface area contributed by atoms with Crippen molar-refractivity contribution in [1.82, 2.24) is 10.1 Å². The number of halogens is 1. The summed E-state index contributed by atoms with van der Waals surface area (Å²) in [5, 5.41) is 7.78. The zero-order valence-electron chi connectivity index (χ0n) is 16.9. The summed E-state index contributed by atoms with van der Waals surface area (Å²) in [6.07, 6.45) is 4.84. The fourth-order valence-electron chi connectivity index (χ4n) is 4.14. The van der Waals surface area contributed by atoms with Crippen LogP contribution in [0.25, 0.3) is 21.5 Å². The summed E-state index contributed by atoms with van der Waals surface area (Å²) in [4.78, 5) is 20.4. The molecule has 0 aliphatic heterocycles. The number of nitrogens with zero attached hydrogens (tertiary/aromatic N) is 2. The lowest BCUT2D eigenvalue weighted by molar-refractivity contribution is -0.0000146. The van der Waals surface area contributed by atoms with Crippen molar-refractivity contribution in [3.8, 4) is 11.3 Å². The van der Waals surface area contributed by atoms with Crippen LogP contribution >= 0.6 is 11.3 Å². The van der Waals surface area contributed by atoms with E-state index in [1.807, 2.05) is 19.1 Å². The van der Waals surface area contributed by atoms with Crippen LogP contribution in [-0.4, -0.2) is 16.0 Å². The molecule has 1 aliphatic carbocycles. The zero-order valence-corrected chi connectivity index (χ0v) is 18.5. The second-order valence-electron chi connectivity index (χ2n) is 7.73. The molecule has 0 saturated carbocycles. The quantitative estimate of drug-likeness (QED) is 0.527. The molecule has 4 heterocycles. The van der Waals surface area contributed by atoms with Gasteiger partial charge in [-0.2, -0.15) is 0 Å². The number of hydrogen-bond acceptors (Lipinski definition) is 6. The number of aryl methyl sites for hydroxylation is 3. The third-order valence-electron chi connectivity index (χ3n) is 5.49. The van der Waals surface area contributed by atoms with Gasteiger partial charge in [-0.25, -0.2) is 4.98 Å². The SMILES string of the molecule is Cc1cc(NC(=O)c2c(C)nc3sc4c(c3c2-c2ccco2)CCC(C)C4)no1.[Cl-]. The third-order valence-corrected chi connectivity index (χ3v) is 6.64. The monoisotopic (exact) mass is 442 g/mol. The molecule has 1 aliphatic rings. The molecule has 6 nitrogen and oxygen atoms in total. The number of carbonyl (C=O) groups is 1. The predicted octanol–water partition coefficient (Wildman–Crippen LogP) is 2.54. The molecular weight excluding hydrogens is 422 g/mol.